The van der Waals surface area contributed by atoms with Crippen molar-refractivity contribution < 1.29 is 48.3 Å². The Kier molecular flexibility index (Phi) is 3.45. The molecule has 11 heteroatoms. The quantitative estimate of drug-likeness (QED) is 0.669. The number of alkyl halides is 11. The Bertz CT molecular complexity index is 262. The molecule has 0 radical (unpaired) electrons. The molecule has 0 unspecified atom stereocenters. The molecule has 104 valence electrons. The summed E-state index contributed by atoms with van der Waals surface area (Å²) in [5, 5.41) is 0. The van der Waals surface area contributed by atoms with Crippen molar-refractivity contribution in [1.29, 1.82) is 0 Å². The third-order valence-electron chi connectivity index (χ3n) is 1.77. The highest BCUT2D eigenvalue weighted by molar-refractivity contribution is 5.09. The zero-order valence-electron chi connectivity index (χ0n) is 7.66. The van der Waals surface area contributed by atoms with Gasteiger partial charge in [0.2, 0.25) is 0 Å². The van der Waals surface area contributed by atoms with E-state index < -0.39 is 36.8 Å². The monoisotopic (exact) mass is 284 g/mol. The highest BCUT2D eigenvalue weighted by Gasteiger charge is 2.89. The topological polar surface area (TPSA) is 0 Å². The first kappa shape index (κ1) is 16.2. The molecule has 0 rings (SSSR count). The van der Waals surface area contributed by atoms with Crippen LogP contribution in [0.3, 0.4) is 0 Å². The first-order valence-electron chi connectivity index (χ1n) is 3.58. The van der Waals surface area contributed by atoms with E-state index in [1.807, 2.05) is 0 Å². The lowest BCUT2D eigenvalue weighted by Crippen LogP contribution is -2.69. The van der Waals surface area contributed by atoms with Crippen LogP contribution in [0.2, 0.25) is 0 Å². The molecule has 17 heavy (non-hydrogen) atoms. The van der Waals surface area contributed by atoms with Crippen molar-refractivity contribution in [3.8, 4) is 0 Å². The molecule has 0 heterocycles. The third kappa shape index (κ3) is 2.15. The molecule has 0 aliphatic carbocycles. The average molecular weight is 284 g/mol. The lowest BCUT2D eigenvalue weighted by Gasteiger charge is -2.38. The maximum absolute atomic E-state index is 12.6. The molecular weight excluding hydrogens is 281 g/mol. The van der Waals surface area contributed by atoms with Gasteiger partial charge >= 0.3 is 29.9 Å². The summed E-state index contributed by atoms with van der Waals surface area (Å²) in [6.45, 7) is -0.946. The van der Waals surface area contributed by atoms with Gasteiger partial charge in [0.15, 0.2) is 0 Å². The number of hydrogen-bond acceptors (Lipinski definition) is 0. The summed E-state index contributed by atoms with van der Waals surface area (Å²) in [5.74, 6) is -12.8. The first-order valence-corrected chi connectivity index (χ1v) is 3.58. The predicted octanol–water partition coefficient (Wildman–Crippen LogP) is 4.11. The van der Waals surface area contributed by atoms with Crippen LogP contribution in [0.4, 0.5) is 48.3 Å². The normalized spacial score (nSPS) is 16.2. The Balaban J connectivity index is 6.04. The minimum atomic E-state index is -7.33. The van der Waals surface area contributed by atoms with Crippen molar-refractivity contribution in [2.75, 3.05) is 0 Å². The molecule has 0 spiro atoms. The Morgan fingerprint density at radius 1 is 0.529 bits per heavy atom. The SMILES string of the molecule is CC(F)(F)C(F)(F)C(F)(C(F)(F)F)C(F)(F)F. The van der Waals surface area contributed by atoms with Crippen LogP contribution in [-0.2, 0) is 0 Å². The fourth-order valence-corrected chi connectivity index (χ4v) is 0.819. The van der Waals surface area contributed by atoms with Crippen LogP contribution in [0.1, 0.15) is 6.92 Å². The maximum Gasteiger partial charge on any atom is 0.438 e. The summed E-state index contributed by atoms with van der Waals surface area (Å²) in [4.78, 5) is 0. The van der Waals surface area contributed by atoms with Crippen molar-refractivity contribution in [3.63, 3.8) is 0 Å². The number of halogens is 11. The van der Waals surface area contributed by atoms with Crippen LogP contribution in [-0.4, -0.2) is 29.9 Å². The largest absolute Gasteiger partial charge is 0.438 e. The summed E-state index contributed by atoms with van der Waals surface area (Å²) in [6.07, 6.45) is -14.5. The zero-order chi connectivity index (χ0) is 14.5. The van der Waals surface area contributed by atoms with Gasteiger partial charge < -0.3 is 0 Å². The van der Waals surface area contributed by atoms with Crippen LogP contribution >= 0.6 is 0 Å². The minimum Gasteiger partial charge on any atom is -0.216 e. The molecule has 0 aromatic carbocycles. The van der Waals surface area contributed by atoms with Gasteiger partial charge in [-0.25, -0.2) is 13.2 Å². The molecule has 0 bridgehead atoms. The van der Waals surface area contributed by atoms with E-state index in [0.717, 1.165) is 0 Å². The van der Waals surface area contributed by atoms with Gasteiger partial charge in [-0.3, -0.25) is 0 Å². The zero-order valence-corrected chi connectivity index (χ0v) is 7.66. The van der Waals surface area contributed by atoms with Gasteiger partial charge in [0.1, 0.15) is 0 Å². The van der Waals surface area contributed by atoms with Crippen molar-refractivity contribution in [1.82, 2.24) is 0 Å². The van der Waals surface area contributed by atoms with Crippen LogP contribution in [0, 0.1) is 0 Å². The summed E-state index contributed by atoms with van der Waals surface area (Å²) >= 11 is 0. The third-order valence-corrected chi connectivity index (χ3v) is 1.77. The van der Waals surface area contributed by atoms with Gasteiger partial charge in [0.05, 0.1) is 0 Å². The van der Waals surface area contributed by atoms with E-state index >= 15 is 0 Å². The molecule has 0 atom stereocenters. The smallest absolute Gasteiger partial charge is 0.216 e. The first-order chi connectivity index (χ1) is 7.00. The molecule has 0 amide bonds. The molecule has 0 N–H and O–H groups in total. The van der Waals surface area contributed by atoms with E-state index in [1.165, 1.54) is 0 Å². The molecular formula is C6H3F11. The second-order valence-corrected chi connectivity index (χ2v) is 3.12. The number of hydrogen-bond donors (Lipinski definition) is 0. The number of rotatable bonds is 2. The van der Waals surface area contributed by atoms with Gasteiger partial charge in [-0.05, 0) is 0 Å². The summed E-state index contributed by atoms with van der Waals surface area (Å²) in [5.41, 5.74) is -7.33. The Labute approximate surface area is 86.4 Å². The average Bonchev–Trinajstić information content (AvgIpc) is 1.95. The molecule has 0 aromatic heterocycles. The van der Waals surface area contributed by atoms with Crippen LogP contribution in [0.5, 0.6) is 0 Å². The highest BCUT2D eigenvalue weighted by Crippen LogP contribution is 2.58. The van der Waals surface area contributed by atoms with E-state index in [9.17, 15) is 48.3 Å². The highest BCUT2D eigenvalue weighted by atomic mass is 19.4. The van der Waals surface area contributed by atoms with E-state index in [1.54, 1.807) is 0 Å². The van der Waals surface area contributed by atoms with Crippen molar-refractivity contribution in [2.24, 2.45) is 0 Å². The molecule has 0 fully saturated rings. The molecule has 0 aliphatic rings. The Morgan fingerprint density at radius 3 is 0.824 bits per heavy atom. The lowest BCUT2D eigenvalue weighted by atomic mass is 9.91. The predicted molar refractivity (Wildman–Crippen MR) is 31.5 cm³/mol. The lowest BCUT2D eigenvalue weighted by molar-refractivity contribution is -0.424. The van der Waals surface area contributed by atoms with Crippen molar-refractivity contribution >= 4 is 0 Å². The van der Waals surface area contributed by atoms with Gasteiger partial charge in [-0.1, -0.05) is 0 Å². The van der Waals surface area contributed by atoms with Crippen molar-refractivity contribution in [3.05, 3.63) is 0 Å². The fourth-order valence-electron chi connectivity index (χ4n) is 0.819. The molecule has 0 saturated carbocycles. The second kappa shape index (κ2) is 3.61. The van der Waals surface area contributed by atoms with Gasteiger partial charge in [0.25, 0.3) is 0 Å². The Morgan fingerprint density at radius 2 is 0.765 bits per heavy atom. The van der Waals surface area contributed by atoms with E-state index in [0.29, 0.717) is 0 Å². The van der Waals surface area contributed by atoms with Gasteiger partial charge in [-0.15, -0.1) is 0 Å². The van der Waals surface area contributed by atoms with Gasteiger partial charge in [-0.2, -0.15) is 35.1 Å². The van der Waals surface area contributed by atoms with Gasteiger partial charge in [0, 0.05) is 6.92 Å². The standard InChI is InChI=1S/C6H3F11/c1-2(7,8)4(10,11)3(9,5(12,13)14)6(15,16)17/h1H3. The van der Waals surface area contributed by atoms with E-state index in [-0.39, 0.29) is 0 Å². The summed E-state index contributed by atoms with van der Waals surface area (Å²) in [7, 11) is 0. The fraction of sp³-hybridized carbons (Fsp3) is 1.00. The summed E-state index contributed by atoms with van der Waals surface area (Å²) < 4.78 is 132. The van der Waals surface area contributed by atoms with Crippen LogP contribution in [0.15, 0.2) is 0 Å². The summed E-state index contributed by atoms with van der Waals surface area (Å²) in [6, 6.07) is 0. The van der Waals surface area contributed by atoms with Crippen LogP contribution in [0.25, 0.3) is 0 Å². The molecule has 0 saturated heterocycles. The van der Waals surface area contributed by atoms with E-state index in [2.05, 4.69) is 0 Å². The molecule has 0 nitrogen and oxygen atoms in total. The maximum atomic E-state index is 12.6. The van der Waals surface area contributed by atoms with Crippen LogP contribution < -0.4 is 0 Å². The minimum absolute atomic E-state index is 0.946. The van der Waals surface area contributed by atoms with E-state index in [4.69, 9.17) is 0 Å². The second-order valence-electron chi connectivity index (χ2n) is 3.12. The Hall–Kier alpha value is -0.770. The molecule has 0 aromatic rings. The molecule has 0 aliphatic heterocycles. The van der Waals surface area contributed by atoms with Crippen molar-refractivity contribution in [2.45, 2.75) is 36.8 Å².